The number of H-pyrrole nitrogens is 2. The molecule has 31 heavy (non-hydrogen) atoms. The lowest BCUT2D eigenvalue weighted by molar-refractivity contribution is -0.326. The lowest BCUT2D eigenvalue weighted by atomic mass is 10.1. The standard InChI is InChI=1S/C24H20N4O3/c1-14-7-10-21-16(11-14)19(27-28-24-25-17-5-3-4-6-18(17)26-24)13-22(31-21)15-8-9-20(29)23(12-15)30-2/h3-13,29H,1-2H3,(H2,25,26,28)/p+1. The van der Waals surface area contributed by atoms with Crippen molar-refractivity contribution < 1.29 is 19.2 Å². The van der Waals surface area contributed by atoms with E-state index in [9.17, 15) is 5.11 Å². The minimum absolute atomic E-state index is 0.0728. The molecular formula is C24H21N4O3+. The third-order valence-electron chi connectivity index (χ3n) is 5.10. The maximum absolute atomic E-state index is 9.92. The Balaban J connectivity index is 1.64. The van der Waals surface area contributed by atoms with Gasteiger partial charge in [-0.1, -0.05) is 23.8 Å². The van der Waals surface area contributed by atoms with Crippen LogP contribution in [0.25, 0.3) is 33.3 Å². The van der Waals surface area contributed by atoms with Gasteiger partial charge < -0.3 is 14.3 Å². The fourth-order valence-electron chi connectivity index (χ4n) is 3.52. The minimum Gasteiger partial charge on any atom is -0.504 e. The van der Waals surface area contributed by atoms with Gasteiger partial charge in [0.15, 0.2) is 11.5 Å². The number of hydrogen-bond donors (Lipinski definition) is 3. The number of nitrogens with zero attached hydrogens (tertiary/aromatic N) is 1. The highest BCUT2D eigenvalue weighted by Gasteiger charge is 2.11. The third-order valence-corrected chi connectivity index (χ3v) is 5.10. The van der Waals surface area contributed by atoms with Gasteiger partial charge in [0.1, 0.15) is 27.7 Å². The monoisotopic (exact) mass is 413 g/mol. The summed E-state index contributed by atoms with van der Waals surface area (Å²) in [6, 6.07) is 20.9. The molecule has 0 atom stereocenters. The molecule has 2 aromatic heterocycles. The van der Waals surface area contributed by atoms with Crippen molar-refractivity contribution in [1.29, 1.82) is 0 Å². The van der Waals surface area contributed by atoms with Gasteiger partial charge in [0.25, 0.3) is 0 Å². The lowest BCUT2D eigenvalue weighted by Crippen LogP contribution is -2.12. The van der Waals surface area contributed by atoms with Crippen molar-refractivity contribution in [3.8, 4) is 22.8 Å². The number of anilines is 1. The molecule has 7 nitrogen and oxygen atoms in total. The van der Waals surface area contributed by atoms with E-state index in [4.69, 9.17) is 9.15 Å². The van der Waals surface area contributed by atoms with E-state index in [1.807, 2.05) is 55.5 Å². The fraction of sp³-hybridized carbons (Fsp3) is 0.0833. The van der Waals surface area contributed by atoms with Crippen LogP contribution < -0.4 is 20.5 Å². The van der Waals surface area contributed by atoms with E-state index in [1.54, 1.807) is 18.2 Å². The molecule has 0 radical (unpaired) electrons. The van der Waals surface area contributed by atoms with Gasteiger partial charge in [0.05, 0.1) is 7.11 Å². The summed E-state index contributed by atoms with van der Waals surface area (Å²) >= 11 is 0. The highest BCUT2D eigenvalue weighted by molar-refractivity contribution is 5.79. The molecule has 5 rings (SSSR count). The Morgan fingerprint density at radius 2 is 1.94 bits per heavy atom. The number of ether oxygens (including phenoxy) is 1. The second-order valence-electron chi connectivity index (χ2n) is 7.28. The molecule has 0 amide bonds. The summed E-state index contributed by atoms with van der Waals surface area (Å²) in [5.74, 6) is 1.73. The normalized spacial score (nSPS) is 11.9. The molecule has 0 fully saturated rings. The van der Waals surface area contributed by atoms with Gasteiger partial charge in [0, 0.05) is 17.0 Å². The quantitative estimate of drug-likeness (QED) is 0.382. The van der Waals surface area contributed by atoms with E-state index >= 15 is 0 Å². The van der Waals surface area contributed by atoms with Gasteiger partial charge in [-0.05, 0) is 49.4 Å². The number of methoxy groups -OCH3 is 1. The first-order valence-electron chi connectivity index (χ1n) is 9.82. The minimum atomic E-state index is 0.0728. The van der Waals surface area contributed by atoms with Crippen molar-refractivity contribution >= 4 is 28.0 Å². The Hall–Kier alpha value is -4.26. The highest BCUT2D eigenvalue weighted by atomic mass is 16.5. The lowest BCUT2D eigenvalue weighted by Gasteiger charge is -2.08. The van der Waals surface area contributed by atoms with Crippen molar-refractivity contribution in [2.45, 2.75) is 6.92 Å². The zero-order valence-electron chi connectivity index (χ0n) is 17.1. The Morgan fingerprint density at radius 1 is 1.06 bits per heavy atom. The summed E-state index contributed by atoms with van der Waals surface area (Å²) in [6.07, 6.45) is 0. The molecule has 0 aliphatic heterocycles. The number of hydrogen-bond acceptors (Lipinski definition) is 5. The van der Waals surface area contributed by atoms with Gasteiger partial charge in [-0.3, -0.25) is 0 Å². The summed E-state index contributed by atoms with van der Waals surface area (Å²) in [5.41, 5.74) is 7.63. The first-order chi connectivity index (χ1) is 15.1. The van der Waals surface area contributed by atoms with Gasteiger partial charge in [-0.15, -0.1) is 5.10 Å². The molecule has 0 saturated carbocycles. The number of aromatic nitrogens is 2. The zero-order chi connectivity index (χ0) is 21.4. The molecule has 5 aromatic rings. The number of aromatic amines is 2. The molecular weight excluding hydrogens is 392 g/mol. The average molecular weight is 413 g/mol. The van der Waals surface area contributed by atoms with Crippen molar-refractivity contribution in [1.82, 2.24) is 4.98 Å². The van der Waals surface area contributed by atoms with E-state index in [-0.39, 0.29) is 5.75 Å². The van der Waals surface area contributed by atoms with Crippen molar-refractivity contribution in [2.24, 2.45) is 5.10 Å². The largest absolute Gasteiger partial charge is 0.504 e. The Labute approximate surface area is 177 Å². The molecule has 0 aliphatic carbocycles. The number of aryl methyl sites for hydroxylation is 1. The number of fused-ring (bicyclic) bond motifs is 2. The summed E-state index contributed by atoms with van der Waals surface area (Å²) in [6.45, 7) is 2.03. The molecule has 0 unspecified atom stereocenters. The van der Waals surface area contributed by atoms with Crippen molar-refractivity contribution in [3.05, 3.63) is 77.7 Å². The second-order valence-corrected chi connectivity index (χ2v) is 7.28. The maximum Gasteiger partial charge on any atom is 0.377 e. The van der Waals surface area contributed by atoms with Gasteiger partial charge in [-0.2, -0.15) is 5.43 Å². The smallest absolute Gasteiger partial charge is 0.377 e. The molecule has 4 N–H and O–H groups in total. The van der Waals surface area contributed by atoms with Crippen LogP contribution in [-0.4, -0.2) is 17.2 Å². The Bertz CT molecular complexity index is 1450. The van der Waals surface area contributed by atoms with Crippen LogP contribution in [0.2, 0.25) is 0 Å². The predicted octanol–water partition coefficient (Wildman–Crippen LogP) is 4.35. The van der Waals surface area contributed by atoms with E-state index < -0.39 is 0 Å². The first-order valence-corrected chi connectivity index (χ1v) is 9.82. The molecule has 7 heteroatoms. The molecule has 0 saturated heterocycles. The third kappa shape index (κ3) is 3.57. The summed E-state index contributed by atoms with van der Waals surface area (Å²) in [5, 5.41) is 16.2. The summed E-state index contributed by atoms with van der Waals surface area (Å²) in [4.78, 5) is 6.53. The van der Waals surface area contributed by atoms with Crippen LogP contribution in [-0.2, 0) is 0 Å². The zero-order valence-corrected chi connectivity index (χ0v) is 17.1. The molecule has 2 heterocycles. The SMILES string of the molecule is COc1cc(-c2cc(=NNc3[nH]c4ccccc4[nH+]3)c3cc(C)ccc3o2)ccc1O. The number of rotatable bonds is 4. The van der Waals surface area contributed by atoms with Gasteiger partial charge in [-0.25, -0.2) is 9.97 Å². The van der Waals surface area contributed by atoms with Crippen molar-refractivity contribution in [3.63, 3.8) is 0 Å². The van der Waals surface area contributed by atoms with Gasteiger partial charge >= 0.3 is 5.95 Å². The van der Waals surface area contributed by atoms with Crippen LogP contribution in [0.5, 0.6) is 11.5 Å². The van der Waals surface area contributed by atoms with Crippen LogP contribution in [0, 0.1) is 6.92 Å². The number of benzene rings is 3. The number of nitrogens with one attached hydrogen (secondary N) is 3. The highest BCUT2D eigenvalue weighted by Crippen LogP contribution is 2.32. The second kappa shape index (κ2) is 7.53. The topological polar surface area (TPSA) is 96.9 Å². The first kappa shape index (κ1) is 18.7. The molecule has 154 valence electrons. The Kier molecular flexibility index (Phi) is 4.55. The number of aromatic hydroxyl groups is 1. The molecule has 0 aliphatic rings. The average Bonchev–Trinajstić information content (AvgIpc) is 3.21. The van der Waals surface area contributed by atoms with E-state index in [0.29, 0.717) is 23.0 Å². The molecule has 0 spiro atoms. The van der Waals surface area contributed by atoms with Gasteiger partial charge in [0.2, 0.25) is 0 Å². The van der Waals surface area contributed by atoms with E-state index in [1.165, 1.54) is 7.11 Å². The predicted molar refractivity (Wildman–Crippen MR) is 119 cm³/mol. The fourth-order valence-corrected chi connectivity index (χ4v) is 3.52. The maximum atomic E-state index is 9.92. The molecule has 3 aromatic carbocycles. The van der Waals surface area contributed by atoms with E-state index in [0.717, 1.165) is 32.9 Å². The van der Waals surface area contributed by atoms with Crippen LogP contribution in [0.4, 0.5) is 5.95 Å². The van der Waals surface area contributed by atoms with Crippen molar-refractivity contribution in [2.75, 3.05) is 12.5 Å². The van der Waals surface area contributed by atoms with E-state index in [2.05, 4.69) is 20.5 Å². The van der Waals surface area contributed by atoms with Crippen LogP contribution in [0.3, 0.4) is 0 Å². The molecule has 0 bridgehead atoms. The van der Waals surface area contributed by atoms with Crippen LogP contribution in [0.1, 0.15) is 5.56 Å². The van der Waals surface area contributed by atoms with Crippen LogP contribution in [0.15, 0.2) is 76.2 Å². The number of phenols is 1. The number of phenolic OH excluding ortho intramolecular Hbond substituents is 1. The summed E-state index contributed by atoms with van der Waals surface area (Å²) < 4.78 is 11.4. The Morgan fingerprint density at radius 3 is 2.77 bits per heavy atom. The van der Waals surface area contributed by atoms with Crippen LogP contribution >= 0.6 is 0 Å². The number of imidazole rings is 1. The summed E-state index contributed by atoms with van der Waals surface area (Å²) in [7, 11) is 1.51. The number of para-hydroxylation sites is 2.